The van der Waals surface area contributed by atoms with E-state index in [0.29, 0.717) is 0 Å². The monoisotopic (exact) mass is 307 g/mol. The van der Waals surface area contributed by atoms with Crippen LogP contribution < -0.4 is 5.32 Å². The molecular formula is C15H21N3O2S. The number of nitrogens with one attached hydrogen (secondary N) is 1. The first-order valence-corrected chi connectivity index (χ1v) is 8.60. The van der Waals surface area contributed by atoms with Gasteiger partial charge in [-0.2, -0.15) is 0 Å². The smallest absolute Gasteiger partial charge is 0.247 e. The van der Waals surface area contributed by atoms with E-state index < -0.39 is 0 Å². The molecule has 1 saturated heterocycles. The largest absolute Gasteiger partial charge is 0.296 e. The van der Waals surface area contributed by atoms with Gasteiger partial charge in [0.05, 0.1) is 18.5 Å². The van der Waals surface area contributed by atoms with Crippen molar-refractivity contribution < 1.29 is 9.59 Å². The molecule has 0 aromatic carbocycles. The van der Waals surface area contributed by atoms with E-state index in [-0.39, 0.29) is 36.4 Å². The lowest BCUT2D eigenvalue weighted by molar-refractivity contribution is -0.141. The second-order valence-corrected chi connectivity index (χ2v) is 6.72. The molecule has 1 saturated carbocycles. The average Bonchev–Trinajstić information content (AvgIpc) is 3.18. The fourth-order valence-corrected chi connectivity index (χ4v) is 4.12. The van der Waals surface area contributed by atoms with E-state index in [1.807, 2.05) is 5.38 Å². The second-order valence-electron chi connectivity index (χ2n) is 5.79. The molecule has 2 heterocycles. The van der Waals surface area contributed by atoms with Crippen LogP contribution in [0.25, 0.3) is 0 Å². The minimum atomic E-state index is -0.382. The molecule has 1 aromatic rings. The number of hydrogen-bond acceptors (Lipinski definition) is 5. The minimum absolute atomic E-state index is 0.0154. The lowest BCUT2D eigenvalue weighted by atomic mass is 10.1. The topological polar surface area (TPSA) is 62.3 Å². The number of carbonyl (C=O) groups is 2. The van der Waals surface area contributed by atoms with E-state index in [2.05, 4.69) is 17.2 Å². The number of likely N-dealkylation sites (tertiary alicyclic amines) is 1. The van der Waals surface area contributed by atoms with E-state index in [0.717, 1.165) is 37.1 Å². The first kappa shape index (κ1) is 14.7. The predicted molar refractivity (Wildman–Crippen MR) is 80.8 cm³/mol. The SMILES string of the molecule is CCC(NC1CC(=O)N(C2CCCC2)C1=O)c1nccs1. The van der Waals surface area contributed by atoms with Crippen LogP contribution in [0.3, 0.4) is 0 Å². The summed E-state index contributed by atoms with van der Waals surface area (Å²) in [6.07, 6.45) is 7.09. The van der Waals surface area contributed by atoms with Crippen LogP contribution in [0.5, 0.6) is 0 Å². The molecule has 1 aliphatic carbocycles. The number of aromatic nitrogens is 1. The molecular weight excluding hydrogens is 286 g/mol. The molecule has 2 amide bonds. The summed E-state index contributed by atoms with van der Waals surface area (Å²) < 4.78 is 0. The van der Waals surface area contributed by atoms with Crippen molar-refractivity contribution in [1.82, 2.24) is 15.2 Å². The van der Waals surface area contributed by atoms with Gasteiger partial charge in [0.25, 0.3) is 0 Å². The van der Waals surface area contributed by atoms with Gasteiger partial charge in [0.15, 0.2) is 0 Å². The van der Waals surface area contributed by atoms with Gasteiger partial charge in [-0.3, -0.25) is 19.8 Å². The van der Waals surface area contributed by atoms with Crippen molar-refractivity contribution in [2.24, 2.45) is 0 Å². The number of nitrogens with zero attached hydrogens (tertiary/aromatic N) is 2. The number of thiazole rings is 1. The summed E-state index contributed by atoms with van der Waals surface area (Å²) in [7, 11) is 0. The number of imide groups is 1. The Balaban J connectivity index is 1.69. The summed E-state index contributed by atoms with van der Waals surface area (Å²) >= 11 is 1.58. The Morgan fingerprint density at radius 2 is 2.19 bits per heavy atom. The van der Waals surface area contributed by atoms with Gasteiger partial charge in [-0.1, -0.05) is 19.8 Å². The Morgan fingerprint density at radius 3 is 2.81 bits per heavy atom. The van der Waals surface area contributed by atoms with Gasteiger partial charge in [0.2, 0.25) is 11.8 Å². The Labute approximate surface area is 128 Å². The fraction of sp³-hybridized carbons (Fsp3) is 0.667. The van der Waals surface area contributed by atoms with Crippen molar-refractivity contribution in [2.75, 3.05) is 0 Å². The van der Waals surface area contributed by atoms with Crippen LogP contribution in [0.1, 0.15) is 56.5 Å². The minimum Gasteiger partial charge on any atom is -0.296 e. The van der Waals surface area contributed by atoms with Crippen LogP contribution in [0.15, 0.2) is 11.6 Å². The molecule has 1 aliphatic heterocycles. The van der Waals surface area contributed by atoms with Crippen LogP contribution in [-0.4, -0.2) is 33.8 Å². The normalized spacial score (nSPS) is 25.0. The highest BCUT2D eigenvalue weighted by atomic mass is 32.1. The molecule has 6 heteroatoms. The molecule has 1 N–H and O–H groups in total. The zero-order chi connectivity index (χ0) is 14.8. The van der Waals surface area contributed by atoms with Crippen molar-refractivity contribution in [3.8, 4) is 0 Å². The summed E-state index contributed by atoms with van der Waals surface area (Å²) in [4.78, 5) is 30.6. The molecule has 3 rings (SSSR count). The van der Waals surface area contributed by atoms with E-state index in [9.17, 15) is 9.59 Å². The summed E-state index contributed by atoms with van der Waals surface area (Å²) in [5.41, 5.74) is 0. The maximum atomic E-state index is 12.5. The van der Waals surface area contributed by atoms with Crippen LogP contribution in [0.2, 0.25) is 0 Å². The third-order valence-corrected chi connectivity index (χ3v) is 5.32. The van der Waals surface area contributed by atoms with Gasteiger partial charge in [0, 0.05) is 17.6 Å². The van der Waals surface area contributed by atoms with Crippen molar-refractivity contribution in [3.05, 3.63) is 16.6 Å². The van der Waals surface area contributed by atoms with E-state index in [4.69, 9.17) is 0 Å². The standard InChI is InChI=1S/C15H21N3O2S/c1-2-11(14-16-7-8-21-14)17-12-9-13(19)18(15(12)20)10-5-3-4-6-10/h7-8,10-12,17H,2-6,9H2,1H3. The Hall–Kier alpha value is -1.27. The van der Waals surface area contributed by atoms with Gasteiger partial charge in [-0.25, -0.2) is 4.98 Å². The second kappa shape index (κ2) is 6.23. The number of carbonyl (C=O) groups excluding carboxylic acids is 2. The lowest BCUT2D eigenvalue weighted by Gasteiger charge is -2.23. The van der Waals surface area contributed by atoms with Crippen LogP contribution in [0.4, 0.5) is 0 Å². The zero-order valence-corrected chi connectivity index (χ0v) is 13.1. The van der Waals surface area contributed by atoms with Crippen LogP contribution >= 0.6 is 11.3 Å². The highest BCUT2D eigenvalue weighted by molar-refractivity contribution is 7.09. The third kappa shape index (κ3) is 2.87. The first-order chi connectivity index (χ1) is 10.2. The average molecular weight is 307 g/mol. The molecule has 0 radical (unpaired) electrons. The molecule has 2 unspecified atom stereocenters. The van der Waals surface area contributed by atoms with Crippen molar-refractivity contribution in [3.63, 3.8) is 0 Å². The molecule has 2 atom stereocenters. The summed E-state index contributed by atoms with van der Waals surface area (Å²) in [5, 5.41) is 6.26. The number of hydrogen-bond donors (Lipinski definition) is 1. The number of rotatable bonds is 5. The molecule has 0 spiro atoms. The van der Waals surface area contributed by atoms with Gasteiger partial charge in [-0.05, 0) is 19.3 Å². The highest BCUT2D eigenvalue weighted by Crippen LogP contribution is 2.29. The van der Waals surface area contributed by atoms with Gasteiger partial charge in [-0.15, -0.1) is 11.3 Å². The Kier molecular flexibility index (Phi) is 4.35. The zero-order valence-electron chi connectivity index (χ0n) is 12.2. The fourth-order valence-electron chi connectivity index (χ4n) is 3.34. The highest BCUT2D eigenvalue weighted by Gasteiger charge is 2.43. The summed E-state index contributed by atoms with van der Waals surface area (Å²) in [5.74, 6) is -0.0553. The third-order valence-electron chi connectivity index (χ3n) is 4.43. The molecule has 114 valence electrons. The summed E-state index contributed by atoms with van der Waals surface area (Å²) in [6.45, 7) is 2.06. The van der Waals surface area contributed by atoms with Crippen molar-refractivity contribution in [2.45, 2.75) is 63.6 Å². The lowest BCUT2D eigenvalue weighted by Crippen LogP contribution is -2.43. The molecule has 2 fully saturated rings. The van der Waals surface area contributed by atoms with Crippen molar-refractivity contribution in [1.29, 1.82) is 0 Å². The van der Waals surface area contributed by atoms with E-state index in [1.165, 1.54) is 4.90 Å². The molecule has 5 nitrogen and oxygen atoms in total. The quantitative estimate of drug-likeness (QED) is 0.848. The molecule has 2 aliphatic rings. The van der Waals surface area contributed by atoms with Gasteiger partial charge in [0.1, 0.15) is 5.01 Å². The van der Waals surface area contributed by atoms with Gasteiger partial charge >= 0.3 is 0 Å². The maximum absolute atomic E-state index is 12.5. The van der Waals surface area contributed by atoms with E-state index in [1.54, 1.807) is 17.5 Å². The Bertz CT molecular complexity index is 511. The predicted octanol–water partition coefficient (Wildman–Crippen LogP) is 2.25. The molecule has 21 heavy (non-hydrogen) atoms. The van der Waals surface area contributed by atoms with Crippen LogP contribution in [0, 0.1) is 0 Å². The number of amides is 2. The van der Waals surface area contributed by atoms with E-state index >= 15 is 0 Å². The first-order valence-electron chi connectivity index (χ1n) is 7.72. The Morgan fingerprint density at radius 1 is 1.43 bits per heavy atom. The van der Waals surface area contributed by atoms with Crippen LogP contribution in [-0.2, 0) is 9.59 Å². The maximum Gasteiger partial charge on any atom is 0.247 e. The molecule has 1 aromatic heterocycles. The van der Waals surface area contributed by atoms with Gasteiger partial charge < -0.3 is 0 Å². The van der Waals surface area contributed by atoms with Crippen molar-refractivity contribution >= 4 is 23.2 Å². The molecule has 0 bridgehead atoms. The summed E-state index contributed by atoms with van der Waals surface area (Å²) in [6, 6.07) is -0.195.